The Labute approximate surface area is 150 Å². The SMILES string of the molecule is CC(Sc1nnc(C2CC2)n1C1CC1)c1nnc(-c2ccccc2)o1. The average Bonchev–Trinajstić information content (AvgIpc) is 3.57. The Morgan fingerprint density at radius 1 is 1.04 bits per heavy atom. The molecule has 0 saturated heterocycles. The topological polar surface area (TPSA) is 69.6 Å². The van der Waals surface area contributed by atoms with Crippen molar-refractivity contribution in [3.8, 4) is 11.5 Å². The summed E-state index contributed by atoms with van der Waals surface area (Å²) in [5.41, 5.74) is 0.940. The van der Waals surface area contributed by atoms with Gasteiger partial charge in [0.2, 0.25) is 11.8 Å². The number of nitrogens with zero attached hydrogens (tertiary/aromatic N) is 5. The fourth-order valence-corrected chi connectivity index (χ4v) is 3.93. The molecule has 128 valence electrons. The summed E-state index contributed by atoms with van der Waals surface area (Å²) in [6.45, 7) is 2.08. The summed E-state index contributed by atoms with van der Waals surface area (Å²) in [6.07, 6.45) is 4.96. The van der Waals surface area contributed by atoms with Gasteiger partial charge in [0.1, 0.15) is 5.82 Å². The first-order valence-electron chi connectivity index (χ1n) is 8.80. The van der Waals surface area contributed by atoms with Gasteiger partial charge in [-0.3, -0.25) is 0 Å². The highest BCUT2D eigenvalue weighted by atomic mass is 32.2. The minimum absolute atomic E-state index is 0.0405. The van der Waals surface area contributed by atoms with Gasteiger partial charge in [-0.15, -0.1) is 20.4 Å². The van der Waals surface area contributed by atoms with Crippen LogP contribution in [0, 0.1) is 0 Å². The third kappa shape index (κ3) is 2.97. The van der Waals surface area contributed by atoms with E-state index in [1.807, 2.05) is 30.3 Å². The van der Waals surface area contributed by atoms with E-state index in [0.717, 1.165) is 10.7 Å². The van der Waals surface area contributed by atoms with Crippen molar-refractivity contribution >= 4 is 11.8 Å². The van der Waals surface area contributed by atoms with Crippen molar-refractivity contribution in [2.75, 3.05) is 0 Å². The van der Waals surface area contributed by atoms with E-state index in [1.165, 1.54) is 31.5 Å². The summed E-state index contributed by atoms with van der Waals surface area (Å²) in [5.74, 6) is 2.98. The van der Waals surface area contributed by atoms with Gasteiger partial charge in [0.05, 0.1) is 5.25 Å². The summed E-state index contributed by atoms with van der Waals surface area (Å²) in [5, 5.41) is 18.4. The van der Waals surface area contributed by atoms with E-state index >= 15 is 0 Å². The summed E-state index contributed by atoms with van der Waals surface area (Å²) < 4.78 is 8.24. The molecule has 2 aliphatic rings. The monoisotopic (exact) mass is 353 g/mol. The Morgan fingerprint density at radius 2 is 1.84 bits per heavy atom. The third-order valence-electron chi connectivity index (χ3n) is 4.64. The lowest BCUT2D eigenvalue weighted by Gasteiger charge is -2.10. The van der Waals surface area contributed by atoms with Crippen LogP contribution in [0.3, 0.4) is 0 Å². The smallest absolute Gasteiger partial charge is 0.247 e. The third-order valence-corrected chi connectivity index (χ3v) is 5.68. The molecule has 0 radical (unpaired) electrons. The maximum Gasteiger partial charge on any atom is 0.247 e. The van der Waals surface area contributed by atoms with E-state index in [2.05, 4.69) is 31.9 Å². The van der Waals surface area contributed by atoms with Crippen LogP contribution in [0.25, 0.3) is 11.5 Å². The van der Waals surface area contributed by atoms with Gasteiger partial charge in [-0.1, -0.05) is 30.0 Å². The van der Waals surface area contributed by atoms with Crippen LogP contribution in [0.2, 0.25) is 0 Å². The van der Waals surface area contributed by atoms with Crippen molar-refractivity contribution in [1.29, 1.82) is 0 Å². The van der Waals surface area contributed by atoms with E-state index in [9.17, 15) is 0 Å². The quantitative estimate of drug-likeness (QED) is 0.612. The largest absolute Gasteiger partial charge is 0.419 e. The molecule has 0 aliphatic heterocycles. The molecule has 2 aliphatic carbocycles. The average molecular weight is 353 g/mol. The Bertz CT molecular complexity index is 882. The summed E-state index contributed by atoms with van der Waals surface area (Å²) in [4.78, 5) is 0. The van der Waals surface area contributed by atoms with E-state index in [1.54, 1.807) is 11.8 Å². The van der Waals surface area contributed by atoms with Gasteiger partial charge in [-0.25, -0.2) is 0 Å². The molecule has 25 heavy (non-hydrogen) atoms. The maximum absolute atomic E-state index is 5.89. The minimum Gasteiger partial charge on any atom is -0.419 e. The normalized spacial score (nSPS) is 18.4. The van der Waals surface area contributed by atoms with Crippen LogP contribution in [0.1, 0.15) is 61.5 Å². The molecule has 0 N–H and O–H groups in total. The highest BCUT2D eigenvalue weighted by Gasteiger charge is 2.37. The van der Waals surface area contributed by atoms with Gasteiger partial charge >= 0.3 is 0 Å². The van der Waals surface area contributed by atoms with Crippen molar-refractivity contribution in [3.63, 3.8) is 0 Å². The maximum atomic E-state index is 5.89. The van der Waals surface area contributed by atoms with Crippen molar-refractivity contribution < 1.29 is 4.42 Å². The number of hydrogen-bond acceptors (Lipinski definition) is 6. The highest BCUT2D eigenvalue weighted by molar-refractivity contribution is 7.99. The Hall–Kier alpha value is -2.15. The number of hydrogen-bond donors (Lipinski definition) is 0. The van der Waals surface area contributed by atoms with Gasteiger partial charge in [-0.05, 0) is 44.7 Å². The summed E-state index contributed by atoms with van der Waals surface area (Å²) in [6, 6.07) is 10.4. The number of aromatic nitrogens is 5. The molecule has 0 bridgehead atoms. The predicted octanol–water partition coefficient (Wildman–Crippen LogP) is 4.39. The van der Waals surface area contributed by atoms with E-state index in [4.69, 9.17) is 4.42 Å². The first kappa shape index (κ1) is 15.1. The molecule has 1 aromatic carbocycles. The van der Waals surface area contributed by atoms with E-state index in [-0.39, 0.29) is 5.25 Å². The van der Waals surface area contributed by atoms with Crippen LogP contribution in [-0.4, -0.2) is 25.0 Å². The molecule has 2 heterocycles. The Kier molecular flexibility index (Phi) is 3.62. The molecule has 0 spiro atoms. The second-order valence-electron chi connectivity index (χ2n) is 6.79. The molecule has 5 rings (SSSR count). The molecule has 1 unspecified atom stereocenters. The van der Waals surface area contributed by atoms with Gasteiger partial charge in [0.15, 0.2) is 5.16 Å². The fraction of sp³-hybridized carbons (Fsp3) is 0.444. The van der Waals surface area contributed by atoms with Crippen molar-refractivity contribution in [2.45, 2.75) is 55.0 Å². The summed E-state index contributed by atoms with van der Waals surface area (Å²) in [7, 11) is 0. The standard InChI is InChI=1S/C18H19N5OS/c1-11(16-20-21-17(24-16)13-5-3-2-4-6-13)25-18-22-19-15(12-7-8-12)23(18)14-9-10-14/h2-6,11-12,14H,7-10H2,1H3. The van der Waals surface area contributed by atoms with Gasteiger partial charge < -0.3 is 8.98 Å². The number of thioether (sulfide) groups is 1. The van der Waals surface area contributed by atoms with Crippen LogP contribution in [0.5, 0.6) is 0 Å². The molecule has 2 aromatic heterocycles. The summed E-state index contributed by atoms with van der Waals surface area (Å²) >= 11 is 1.66. The lowest BCUT2D eigenvalue weighted by molar-refractivity contribution is 0.508. The zero-order valence-corrected chi connectivity index (χ0v) is 14.8. The van der Waals surface area contributed by atoms with Crippen molar-refractivity contribution in [3.05, 3.63) is 42.0 Å². The van der Waals surface area contributed by atoms with Crippen LogP contribution in [-0.2, 0) is 0 Å². The molecule has 0 amide bonds. The zero-order valence-electron chi connectivity index (χ0n) is 14.0. The first-order chi connectivity index (χ1) is 12.3. The fourth-order valence-electron chi connectivity index (χ4n) is 2.97. The molecule has 3 aromatic rings. The molecular weight excluding hydrogens is 334 g/mol. The molecule has 6 nitrogen and oxygen atoms in total. The number of rotatable bonds is 6. The molecule has 2 fully saturated rings. The van der Waals surface area contributed by atoms with Crippen molar-refractivity contribution in [2.24, 2.45) is 0 Å². The zero-order chi connectivity index (χ0) is 16.8. The van der Waals surface area contributed by atoms with E-state index < -0.39 is 0 Å². The Balaban J connectivity index is 1.37. The van der Waals surface area contributed by atoms with Gasteiger partial charge in [0, 0.05) is 17.5 Å². The molecule has 2 saturated carbocycles. The predicted molar refractivity (Wildman–Crippen MR) is 94.3 cm³/mol. The lowest BCUT2D eigenvalue weighted by Crippen LogP contribution is -2.02. The second-order valence-corrected chi connectivity index (χ2v) is 8.10. The number of benzene rings is 1. The van der Waals surface area contributed by atoms with E-state index in [0.29, 0.717) is 23.7 Å². The molecule has 1 atom stereocenters. The van der Waals surface area contributed by atoms with Crippen LogP contribution < -0.4 is 0 Å². The van der Waals surface area contributed by atoms with Gasteiger partial charge in [-0.2, -0.15) is 0 Å². The van der Waals surface area contributed by atoms with Crippen molar-refractivity contribution in [1.82, 2.24) is 25.0 Å². The van der Waals surface area contributed by atoms with Crippen LogP contribution in [0.15, 0.2) is 39.9 Å². The minimum atomic E-state index is 0.0405. The van der Waals surface area contributed by atoms with Crippen LogP contribution in [0.4, 0.5) is 0 Å². The molecule has 7 heteroatoms. The Morgan fingerprint density at radius 3 is 2.56 bits per heavy atom. The lowest BCUT2D eigenvalue weighted by atomic mass is 10.2. The first-order valence-corrected chi connectivity index (χ1v) is 9.68. The molecular formula is C18H19N5OS. The second kappa shape index (κ2) is 5.98. The van der Waals surface area contributed by atoms with Gasteiger partial charge in [0.25, 0.3) is 0 Å². The van der Waals surface area contributed by atoms with Crippen LogP contribution >= 0.6 is 11.8 Å². The highest BCUT2D eigenvalue weighted by Crippen LogP contribution is 2.47.